The van der Waals surface area contributed by atoms with Gasteiger partial charge in [0.2, 0.25) is 5.96 Å². The van der Waals surface area contributed by atoms with Crippen LogP contribution in [0.3, 0.4) is 0 Å². The summed E-state index contributed by atoms with van der Waals surface area (Å²) in [5.74, 6) is 0.0861. The molecule has 6 nitrogen and oxygen atoms in total. The van der Waals surface area contributed by atoms with Crippen molar-refractivity contribution in [1.82, 2.24) is 15.1 Å². The minimum Gasteiger partial charge on any atom is -0.326 e. The van der Waals surface area contributed by atoms with Crippen molar-refractivity contribution in [3.05, 3.63) is 82.1 Å². The molecule has 0 unspecified atom stereocenters. The molecule has 1 heterocycles. The average molecular weight is 424 g/mol. The first-order valence-electron chi connectivity index (χ1n) is 9.92. The molecular weight excluding hydrogens is 398 g/mol. The number of hydrogen-bond donors (Lipinski definition) is 2. The number of guanidine groups is 1. The molecule has 0 aliphatic carbocycles. The predicted octanol–water partition coefficient (Wildman–Crippen LogP) is 4.96. The fourth-order valence-corrected chi connectivity index (χ4v) is 3.19. The quantitative estimate of drug-likeness (QED) is 0.434. The van der Waals surface area contributed by atoms with Crippen molar-refractivity contribution >= 4 is 29.2 Å². The van der Waals surface area contributed by atoms with Gasteiger partial charge in [-0.05, 0) is 56.2 Å². The van der Waals surface area contributed by atoms with Gasteiger partial charge in [0, 0.05) is 34.6 Å². The highest BCUT2D eigenvalue weighted by Crippen LogP contribution is 2.13. The highest BCUT2D eigenvalue weighted by atomic mass is 35.5. The molecular formula is C23H26ClN5O. The molecule has 0 spiro atoms. The molecule has 3 aromatic rings. The highest BCUT2D eigenvalue weighted by Gasteiger charge is 2.11. The van der Waals surface area contributed by atoms with Crippen molar-refractivity contribution in [2.24, 2.45) is 4.99 Å². The molecule has 0 fully saturated rings. The van der Waals surface area contributed by atoms with Gasteiger partial charge >= 0.3 is 0 Å². The fourth-order valence-electron chi connectivity index (χ4n) is 3.00. The minimum absolute atomic E-state index is 0.283. The zero-order valence-corrected chi connectivity index (χ0v) is 18.2. The van der Waals surface area contributed by atoms with E-state index < -0.39 is 0 Å². The van der Waals surface area contributed by atoms with E-state index in [0.717, 1.165) is 35.5 Å². The zero-order valence-electron chi connectivity index (χ0n) is 17.4. The van der Waals surface area contributed by atoms with Gasteiger partial charge in [0.25, 0.3) is 5.91 Å². The van der Waals surface area contributed by atoms with Gasteiger partial charge in [0.05, 0.1) is 12.2 Å². The Bertz CT molecular complexity index is 1060. The van der Waals surface area contributed by atoms with Gasteiger partial charge in [0.1, 0.15) is 0 Å². The van der Waals surface area contributed by atoms with Gasteiger partial charge in [0.15, 0.2) is 0 Å². The number of nitrogens with zero attached hydrogens (tertiary/aromatic N) is 3. The molecule has 156 valence electrons. The lowest BCUT2D eigenvalue weighted by Gasteiger charge is -2.12. The van der Waals surface area contributed by atoms with Crippen LogP contribution >= 0.6 is 11.6 Å². The van der Waals surface area contributed by atoms with Crippen LogP contribution in [0.4, 0.5) is 5.69 Å². The summed E-state index contributed by atoms with van der Waals surface area (Å²) in [6.07, 6.45) is 3.02. The highest BCUT2D eigenvalue weighted by molar-refractivity contribution is 6.31. The summed E-state index contributed by atoms with van der Waals surface area (Å²) in [4.78, 5) is 17.4. The van der Waals surface area contributed by atoms with E-state index in [4.69, 9.17) is 11.6 Å². The van der Waals surface area contributed by atoms with Gasteiger partial charge in [-0.2, -0.15) is 5.10 Å². The van der Waals surface area contributed by atoms with E-state index in [1.54, 1.807) is 24.3 Å². The number of benzene rings is 2. The van der Waals surface area contributed by atoms with E-state index in [1.165, 1.54) is 0 Å². The summed E-state index contributed by atoms with van der Waals surface area (Å²) in [7, 11) is 0. The smallest absolute Gasteiger partial charge is 0.258 e. The normalized spacial score (nSPS) is 11.4. The minimum atomic E-state index is -0.283. The lowest BCUT2D eigenvalue weighted by Crippen LogP contribution is -2.36. The van der Waals surface area contributed by atoms with E-state index in [2.05, 4.69) is 27.6 Å². The number of aryl methyl sites for hydroxylation is 3. The molecule has 1 aromatic heterocycles. The topological polar surface area (TPSA) is 71.3 Å². The van der Waals surface area contributed by atoms with Crippen molar-refractivity contribution in [3.8, 4) is 0 Å². The maximum Gasteiger partial charge on any atom is 0.258 e. The Morgan fingerprint density at radius 1 is 1.17 bits per heavy atom. The molecule has 30 heavy (non-hydrogen) atoms. The molecule has 0 radical (unpaired) electrons. The van der Waals surface area contributed by atoms with E-state index in [9.17, 15) is 4.79 Å². The van der Waals surface area contributed by atoms with Crippen molar-refractivity contribution in [2.75, 3.05) is 5.32 Å². The molecule has 0 bridgehead atoms. The van der Waals surface area contributed by atoms with Crippen LogP contribution < -0.4 is 10.6 Å². The summed E-state index contributed by atoms with van der Waals surface area (Å²) in [6, 6.07) is 14.7. The molecule has 0 atom stereocenters. The van der Waals surface area contributed by atoms with Gasteiger partial charge in [-0.1, -0.05) is 36.7 Å². The third-order valence-electron chi connectivity index (χ3n) is 4.51. The molecule has 1 amide bonds. The second kappa shape index (κ2) is 10.1. The largest absolute Gasteiger partial charge is 0.326 e. The number of nitrogens with one attached hydrogen (secondary N) is 2. The SMILES string of the molecule is CCCn1cc(CN=C(NC(=O)c2cccc(Cl)c2)Nc2cccc(C)c2)c(C)n1. The fraction of sp³-hybridized carbons (Fsp3) is 0.261. The van der Waals surface area contributed by atoms with Crippen molar-refractivity contribution in [1.29, 1.82) is 0 Å². The van der Waals surface area contributed by atoms with Crippen LogP contribution in [0.1, 0.15) is 40.5 Å². The molecule has 3 rings (SSSR count). The van der Waals surface area contributed by atoms with Crippen molar-refractivity contribution < 1.29 is 4.79 Å². The molecule has 0 aliphatic rings. The second-order valence-electron chi connectivity index (χ2n) is 7.13. The number of aliphatic imine (C=N–C) groups is 1. The summed E-state index contributed by atoms with van der Waals surface area (Å²) in [5.41, 5.74) is 4.37. The van der Waals surface area contributed by atoms with E-state index >= 15 is 0 Å². The average Bonchev–Trinajstić information content (AvgIpc) is 3.05. The van der Waals surface area contributed by atoms with Crippen molar-refractivity contribution in [2.45, 2.75) is 40.3 Å². The molecule has 0 saturated heterocycles. The number of carbonyl (C=O) groups is 1. The third-order valence-corrected chi connectivity index (χ3v) is 4.74. The first-order valence-corrected chi connectivity index (χ1v) is 10.3. The lowest BCUT2D eigenvalue weighted by molar-refractivity contribution is 0.0977. The van der Waals surface area contributed by atoms with Gasteiger partial charge in [-0.15, -0.1) is 0 Å². The Morgan fingerprint density at radius 2 is 1.97 bits per heavy atom. The van der Waals surface area contributed by atoms with Gasteiger partial charge in [-0.3, -0.25) is 14.8 Å². The summed E-state index contributed by atoms with van der Waals surface area (Å²) < 4.78 is 1.93. The van der Waals surface area contributed by atoms with Crippen LogP contribution in [0.15, 0.2) is 59.7 Å². The molecule has 0 saturated carbocycles. The van der Waals surface area contributed by atoms with Crippen LogP contribution in [0.2, 0.25) is 5.02 Å². The second-order valence-corrected chi connectivity index (χ2v) is 7.56. The first-order chi connectivity index (χ1) is 14.4. The van der Waals surface area contributed by atoms with Crippen LogP contribution in [0, 0.1) is 13.8 Å². The Hall–Kier alpha value is -3.12. The van der Waals surface area contributed by atoms with E-state index in [1.807, 2.05) is 49.0 Å². The van der Waals surface area contributed by atoms with Crippen LogP contribution in [0.25, 0.3) is 0 Å². The van der Waals surface area contributed by atoms with Gasteiger partial charge in [-0.25, -0.2) is 4.99 Å². The molecule has 2 aromatic carbocycles. The number of aromatic nitrogens is 2. The number of rotatable bonds is 6. The standard InChI is InChI=1S/C23H26ClN5O/c1-4-11-29-15-19(17(3)28-29)14-25-23(26-21-10-5-7-16(2)12-21)27-22(30)18-8-6-9-20(24)13-18/h5-10,12-13,15H,4,11,14H2,1-3H3,(H2,25,26,27,30). The summed E-state index contributed by atoms with van der Waals surface area (Å²) in [6.45, 7) is 7.36. The number of amides is 1. The Labute approximate surface area is 182 Å². The Balaban J connectivity index is 1.82. The monoisotopic (exact) mass is 423 g/mol. The first kappa shape index (κ1) is 21.6. The Kier molecular flexibility index (Phi) is 7.25. The number of carbonyl (C=O) groups excluding carboxylic acids is 1. The third kappa shape index (κ3) is 5.94. The van der Waals surface area contributed by atoms with E-state index in [0.29, 0.717) is 23.1 Å². The zero-order chi connectivity index (χ0) is 21.5. The number of hydrogen-bond acceptors (Lipinski definition) is 3. The number of anilines is 1. The molecule has 7 heteroatoms. The lowest BCUT2D eigenvalue weighted by atomic mass is 10.2. The summed E-state index contributed by atoms with van der Waals surface area (Å²) >= 11 is 6.02. The predicted molar refractivity (Wildman–Crippen MR) is 122 cm³/mol. The van der Waals surface area contributed by atoms with Crippen LogP contribution in [-0.2, 0) is 13.1 Å². The maximum atomic E-state index is 12.7. The van der Waals surface area contributed by atoms with Crippen LogP contribution in [-0.4, -0.2) is 21.6 Å². The molecule has 0 aliphatic heterocycles. The summed E-state index contributed by atoms with van der Waals surface area (Å²) in [5, 5.41) is 11.1. The van der Waals surface area contributed by atoms with E-state index in [-0.39, 0.29) is 5.91 Å². The van der Waals surface area contributed by atoms with Crippen LogP contribution in [0.5, 0.6) is 0 Å². The van der Waals surface area contributed by atoms with Crippen molar-refractivity contribution in [3.63, 3.8) is 0 Å². The maximum absolute atomic E-state index is 12.7. The van der Waals surface area contributed by atoms with Gasteiger partial charge < -0.3 is 5.32 Å². The number of halogens is 1. The Morgan fingerprint density at radius 3 is 2.70 bits per heavy atom. The molecule has 2 N–H and O–H groups in total.